The van der Waals surface area contributed by atoms with Crippen LogP contribution in [0.1, 0.15) is 32.1 Å². The van der Waals surface area contributed by atoms with Gasteiger partial charge in [0.25, 0.3) is 5.91 Å². The molecule has 1 atom stereocenters. The van der Waals surface area contributed by atoms with Crippen LogP contribution in [0.4, 0.5) is 0 Å². The van der Waals surface area contributed by atoms with E-state index < -0.39 is 6.10 Å². The van der Waals surface area contributed by atoms with Crippen LogP contribution in [0.25, 0.3) is 0 Å². The van der Waals surface area contributed by atoms with Gasteiger partial charge in [-0.1, -0.05) is 12.1 Å². The molecule has 4 aliphatic carbocycles. The maximum absolute atomic E-state index is 12.7. The van der Waals surface area contributed by atoms with Gasteiger partial charge in [-0.2, -0.15) is 0 Å². The predicted octanol–water partition coefficient (Wildman–Crippen LogP) is 2.77. The summed E-state index contributed by atoms with van der Waals surface area (Å²) in [6.07, 6.45) is 6.14. The highest BCUT2D eigenvalue weighted by Crippen LogP contribution is 2.53. The Bertz CT molecular complexity index is 601. The third-order valence-corrected chi connectivity index (χ3v) is 6.34. The highest BCUT2D eigenvalue weighted by molar-refractivity contribution is 5.82. The third kappa shape index (κ3) is 2.30. The zero-order chi connectivity index (χ0) is 15.4. The summed E-state index contributed by atoms with van der Waals surface area (Å²) in [4.78, 5) is 12.7. The number of hydrogen-bond donors (Lipinski definition) is 1. The molecule has 0 radical (unpaired) electrons. The van der Waals surface area contributed by atoms with E-state index in [2.05, 4.69) is 5.32 Å². The Morgan fingerprint density at radius 2 is 1.61 bits per heavy atom. The fourth-order valence-electron chi connectivity index (χ4n) is 5.57. The topological polar surface area (TPSA) is 47.6 Å². The Hall–Kier alpha value is -1.71. The summed E-state index contributed by atoms with van der Waals surface area (Å²) in [6, 6.07) is 7.91. The lowest BCUT2D eigenvalue weighted by Gasteiger charge is -2.54. The highest BCUT2D eigenvalue weighted by atomic mass is 16.6. The molecule has 0 saturated heterocycles. The molecule has 1 aliphatic heterocycles. The fourth-order valence-corrected chi connectivity index (χ4v) is 5.57. The van der Waals surface area contributed by atoms with Gasteiger partial charge >= 0.3 is 0 Å². The molecule has 4 nitrogen and oxygen atoms in total. The van der Waals surface area contributed by atoms with Crippen molar-refractivity contribution in [2.45, 2.75) is 44.2 Å². The average molecular weight is 313 g/mol. The second-order valence-electron chi connectivity index (χ2n) is 7.83. The summed E-state index contributed by atoms with van der Waals surface area (Å²) in [6.45, 7) is 0.302. The molecule has 5 aliphatic rings. The lowest BCUT2D eigenvalue weighted by molar-refractivity contribution is -0.134. The molecule has 0 unspecified atom stereocenters. The van der Waals surface area contributed by atoms with Crippen LogP contribution in [-0.2, 0) is 4.79 Å². The van der Waals surface area contributed by atoms with Gasteiger partial charge in [-0.15, -0.1) is 0 Å². The van der Waals surface area contributed by atoms with Gasteiger partial charge in [0.1, 0.15) is 6.61 Å². The van der Waals surface area contributed by atoms with Crippen LogP contribution in [-0.4, -0.2) is 24.7 Å². The van der Waals surface area contributed by atoms with Gasteiger partial charge in [0.15, 0.2) is 11.5 Å². The molecular weight excluding hydrogens is 290 g/mol. The van der Waals surface area contributed by atoms with Gasteiger partial charge in [-0.25, -0.2) is 0 Å². The Morgan fingerprint density at radius 3 is 2.30 bits per heavy atom. The van der Waals surface area contributed by atoms with E-state index in [0.717, 1.165) is 17.6 Å². The molecule has 1 N–H and O–H groups in total. The Kier molecular flexibility index (Phi) is 3.07. The summed E-state index contributed by atoms with van der Waals surface area (Å²) in [7, 11) is 0. The van der Waals surface area contributed by atoms with Crippen LogP contribution >= 0.6 is 0 Å². The minimum absolute atomic E-state index is 0.00280. The number of amides is 1. The number of rotatable bonds is 2. The van der Waals surface area contributed by atoms with E-state index in [1.807, 2.05) is 24.3 Å². The van der Waals surface area contributed by atoms with E-state index in [9.17, 15) is 4.79 Å². The standard InChI is InChI=1S/C19H23NO3/c21-19(17-10-22-15-3-1-2-4-16(15)23-17)20-18-13-6-11-5-12(8-13)9-14(18)7-11/h1-4,11-14,17-18H,5-10H2,(H,20,21)/t11?,12?,13?,14?,17-,18?/m0/s1. The molecule has 4 heteroatoms. The fraction of sp³-hybridized carbons (Fsp3) is 0.632. The molecule has 6 rings (SSSR count). The Morgan fingerprint density at radius 1 is 0.957 bits per heavy atom. The number of nitrogens with one attached hydrogen (secondary N) is 1. The maximum Gasteiger partial charge on any atom is 0.264 e. The molecule has 4 saturated carbocycles. The number of fused-ring (bicyclic) bond motifs is 1. The van der Waals surface area contributed by atoms with Crippen molar-refractivity contribution < 1.29 is 14.3 Å². The van der Waals surface area contributed by atoms with E-state index in [-0.39, 0.29) is 5.91 Å². The van der Waals surface area contributed by atoms with E-state index in [1.54, 1.807) is 0 Å². The SMILES string of the molecule is O=C(NC1C2CC3CC(C2)CC1C3)[C@@H]1COc2ccccc2O1. The van der Waals surface area contributed by atoms with E-state index >= 15 is 0 Å². The van der Waals surface area contributed by atoms with Crippen LogP contribution < -0.4 is 14.8 Å². The van der Waals surface area contributed by atoms with Crippen LogP contribution in [0.2, 0.25) is 0 Å². The Labute approximate surface area is 136 Å². The molecule has 1 aromatic rings. The average Bonchev–Trinajstić information content (AvgIpc) is 2.57. The van der Waals surface area contributed by atoms with Crippen molar-refractivity contribution in [1.29, 1.82) is 0 Å². The van der Waals surface area contributed by atoms with Gasteiger partial charge in [0, 0.05) is 6.04 Å². The summed E-state index contributed by atoms with van der Waals surface area (Å²) in [5, 5.41) is 3.32. The molecule has 4 fully saturated rings. The first-order valence-electron chi connectivity index (χ1n) is 8.95. The van der Waals surface area contributed by atoms with E-state index in [1.165, 1.54) is 32.1 Å². The quantitative estimate of drug-likeness (QED) is 0.913. The Balaban J connectivity index is 1.28. The van der Waals surface area contributed by atoms with Gasteiger partial charge in [0.2, 0.25) is 6.10 Å². The maximum atomic E-state index is 12.7. The van der Waals surface area contributed by atoms with Crippen LogP contribution in [0.3, 0.4) is 0 Å². The number of carbonyl (C=O) groups is 1. The summed E-state index contributed by atoms with van der Waals surface area (Å²) < 4.78 is 11.5. The minimum atomic E-state index is -0.526. The van der Waals surface area contributed by atoms with Crippen LogP contribution in [0, 0.1) is 23.7 Å². The number of ether oxygens (including phenoxy) is 2. The van der Waals surface area contributed by atoms with Crippen molar-refractivity contribution in [2.24, 2.45) is 23.7 Å². The summed E-state index contributed by atoms with van der Waals surface area (Å²) in [5.41, 5.74) is 0. The molecular formula is C19H23NO3. The predicted molar refractivity (Wildman–Crippen MR) is 85.3 cm³/mol. The lowest BCUT2D eigenvalue weighted by atomic mass is 9.54. The van der Waals surface area contributed by atoms with Gasteiger partial charge < -0.3 is 14.8 Å². The van der Waals surface area contributed by atoms with Crippen LogP contribution in [0.15, 0.2) is 24.3 Å². The smallest absolute Gasteiger partial charge is 0.264 e. The number of para-hydroxylation sites is 2. The molecule has 122 valence electrons. The number of carbonyl (C=O) groups excluding carboxylic acids is 1. The molecule has 1 amide bonds. The second-order valence-corrected chi connectivity index (χ2v) is 7.83. The van der Waals surface area contributed by atoms with Crippen molar-refractivity contribution in [1.82, 2.24) is 5.32 Å². The van der Waals surface area contributed by atoms with E-state index in [0.29, 0.717) is 30.2 Å². The molecule has 1 aromatic carbocycles. The van der Waals surface area contributed by atoms with Crippen molar-refractivity contribution in [3.8, 4) is 11.5 Å². The number of hydrogen-bond acceptors (Lipinski definition) is 3. The summed E-state index contributed by atoms with van der Waals surface area (Å²) >= 11 is 0. The van der Waals surface area contributed by atoms with Crippen molar-refractivity contribution in [2.75, 3.05) is 6.61 Å². The van der Waals surface area contributed by atoms with Crippen molar-refractivity contribution in [3.63, 3.8) is 0 Å². The first-order chi connectivity index (χ1) is 11.3. The van der Waals surface area contributed by atoms with Gasteiger partial charge in [-0.3, -0.25) is 4.79 Å². The van der Waals surface area contributed by atoms with Crippen molar-refractivity contribution in [3.05, 3.63) is 24.3 Å². The summed E-state index contributed by atoms with van der Waals surface area (Å²) in [5.74, 6) is 4.62. The van der Waals surface area contributed by atoms with Crippen LogP contribution in [0.5, 0.6) is 11.5 Å². The lowest BCUT2D eigenvalue weighted by Crippen LogP contribution is -2.58. The molecule has 0 aromatic heterocycles. The van der Waals surface area contributed by atoms with Crippen molar-refractivity contribution >= 4 is 5.91 Å². The molecule has 23 heavy (non-hydrogen) atoms. The first-order valence-corrected chi connectivity index (χ1v) is 8.95. The molecule has 1 heterocycles. The molecule has 0 spiro atoms. The zero-order valence-electron chi connectivity index (χ0n) is 13.2. The second kappa shape index (κ2) is 5.15. The first kappa shape index (κ1) is 13.7. The van der Waals surface area contributed by atoms with E-state index in [4.69, 9.17) is 9.47 Å². The van der Waals surface area contributed by atoms with Gasteiger partial charge in [-0.05, 0) is 67.9 Å². The highest BCUT2D eigenvalue weighted by Gasteiger charge is 2.49. The normalized spacial score (nSPS) is 40.0. The van der Waals surface area contributed by atoms with Gasteiger partial charge in [0.05, 0.1) is 0 Å². The number of benzene rings is 1. The molecule has 4 bridgehead atoms. The monoisotopic (exact) mass is 313 g/mol. The minimum Gasteiger partial charge on any atom is -0.485 e. The third-order valence-electron chi connectivity index (χ3n) is 6.34. The zero-order valence-corrected chi connectivity index (χ0v) is 13.2. The largest absolute Gasteiger partial charge is 0.485 e.